The van der Waals surface area contributed by atoms with E-state index < -0.39 is 133 Å². The maximum atomic E-state index is 8.88. The summed E-state index contributed by atoms with van der Waals surface area (Å²) in [5.74, 6) is -0.916. The Balaban J connectivity index is 0.000000229. The quantitative estimate of drug-likeness (QED) is 0.110. The Morgan fingerprint density at radius 1 is 0.322 bits per heavy atom. The van der Waals surface area contributed by atoms with Gasteiger partial charge in [-0.1, -0.05) is 226 Å². The Morgan fingerprint density at radius 2 is 0.704 bits per heavy atom. The Labute approximate surface area is 776 Å². The summed E-state index contributed by atoms with van der Waals surface area (Å²) < 4.78 is 332. The van der Waals surface area contributed by atoms with Gasteiger partial charge in [-0.2, -0.15) is 0 Å². The minimum absolute atomic E-state index is 0.0214. The summed E-state index contributed by atoms with van der Waals surface area (Å²) in [6.07, 6.45) is 1.09. The van der Waals surface area contributed by atoms with E-state index in [4.69, 9.17) is 67.0 Å². The molecule has 8 nitrogen and oxygen atoms in total. The fourth-order valence-electron chi connectivity index (χ4n) is 15.0. The highest BCUT2D eigenvalue weighted by Crippen LogP contribution is 2.51. The van der Waals surface area contributed by atoms with Crippen LogP contribution in [0.1, 0.15) is 271 Å². The molecule has 0 amide bonds. The molecule has 0 unspecified atom stereocenters. The summed E-state index contributed by atoms with van der Waals surface area (Å²) in [6.45, 7) is -13.5. The van der Waals surface area contributed by atoms with Crippen LogP contribution in [0.2, 0.25) is 0 Å². The smallest absolute Gasteiger partial charge is 0.355 e. The third-order valence-corrected chi connectivity index (χ3v) is 21.1. The Morgan fingerprint density at radius 3 is 1.17 bits per heavy atom. The van der Waals surface area contributed by atoms with Gasteiger partial charge in [0.25, 0.3) is 6.71 Å². The lowest BCUT2D eigenvalue weighted by Crippen LogP contribution is -2.61. The topological polar surface area (TPSA) is 65.5 Å². The van der Waals surface area contributed by atoms with Crippen molar-refractivity contribution in [2.75, 3.05) is 19.6 Å². The molecule has 0 radical (unpaired) electrons. The third-order valence-electron chi connectivity index (χ3n) is 21.1. The molecule has 0 spiro atoms. The average Bonchev–Trinajstić information content (AvgIpc) is 1.46. The fraction of sp³-hybridized carbons (Fsp3) is 0.333. The second kappa shape index (κ2) is 30.4. The molecule has 592 valence electrons. The molecule has 0 N–H and O–H groups in total. The van der Waals surface area contributed by atoms with Crippen molar-refractivity contribution in [1.29, 1.82) is 0 Å². The summed E-state index contributed by atoms with van der Waals surface area (Å²) in [6, 6.07) is 56.5. The van der Waals surface area contributed by atoms with E-state index in [2.05, 4.69) is 162 Å². The normalized spacial score (nSPS) is 19.3. The van der Waals surface area contributed by atoms with Crippen molar-refractivity contribution >= 4 is 203 Å². The number of fused-ring (bicyclic) bond motifs is 10. The molecule has 0 bridgehead atoms. The van der Waals surface area contributed by atoms with E-state index in [1.807, 2.05) is 113 Å². The molecule has 0 aliphatic carbocycles. The van der Waals surface area contributed by atoms with Gasteiger partial charge in [0.1, 0.15) is 40.1 Å². The van der Waals surface area contributed by atoms with E-state index in [-0.39, 0.29) is 72.6 Å². The molecule has 2 aliphatic heterocycles. The first-order valence-corrected chi connectivity index (χ1v) is 41.3. The van der Waals surface area contributed by atoms with Gasteiger partial charge in [0.15, 0.2) is 0 Å². The standard InChI is InChI=1S/C51H55BN2O2.C51H58N2O2.BI3/c1-30-24-40-46-41(25-30)54(35-21-16-32(17-22-35)49(5,6)7)42-29-45(51(11,12)13)56-47(42)52(46)38-28-44-37(36-26-33(50(8,9)10)18-23-43(36)55-44)27-39(38)53(40)34-19-14-31(15-20-34)48(2,3)4;1-33-26-40(29-41(27-33)53(42-31-47(54-32-42)51(11,12)13)38-21-16-35(17-22-38)49(5,6)7)52(37-19-14-34(15-20-37)48(2,3)4)39-23-25-46-44(30-39)43-28-36(50(8,9)10)18-24-45(43)55-46;2-1(3)4/h14-29H,1-13H3;14-32H,1-13H3;/i2*1D3,5D3,6D3,7D3,11D3,12D3;. The molecule has 10 aromatic carbocycles. The van der Waals surface area contributed by atoms with Crippen LogP contribution in [-0.2, 0) is 43.3 Å². The van der Waals surface area contributed by atoms with Crippen molar-refractivity contribution in [3.8, 4) is 0 Å². The van der Waals surface area contributed by atoms with Crippen LogP contribution in [0.5, 0.6) is 0 Å². The first kappa shape index (κ1) is 49.3. The molecule has 13 heteroatoms. The van der Waals surface area contributed by atoms with Crippen LogP contribution in [0.3, 0.4) is 0 Å². The van der Waals surface area contributed by atoms with Crippen molar-refractivity contribution in [1.82, 2.24) is 0 Å². The van der Waals surface area contributed by atoms with Crippen molar-refractivity contribution in [3.05, 3.63) is 269 Å². The highest BCUT2D eigenvalue weighted by molar-refractivity contribution is 14.4. The van der Waals surface area contributed by atoms with Gasteiger partial charge in [-0.25, -0.2) is 0 Å². The molecule has 2 aliphatic rings. The van der Waals surface area contributed by atoms with E-state index in [0.717, 1.165) is 88.5 Å². The van der Waals surface area contributed by atoms with E-state index in [9.17, 15) is 0 Å². The van der Waals surface area contributed by atoms with Crippen LogP contribution >= 0.6 is 67.1 Å². The second-order valence-corrected chi connectivity index (χ2v) is 45.3. The summed E-state index contributed by atoms with van der Waals surface area (Å²) in [7, 11) is 0. The van der Waals surface area contributed by atoms with E-state index in [0.29, 0.717) is 67.4 Å². The molecule has 14 aromatic rings. The zero-order valence-electron chi connectivity index (χ0n) is 102. The van der Waals surface area contributed by atoms with Crippen molar-refractivity contribution in [2.45, 2.75) is 222 Å². The third kappa shape index (κ3) is 16.9. The zero-order chi connectivity index (χ0) is 113. The van der Waals surface area contributed by atoms with Gasteiger partial charge < -0.3 is 37.3 Å². The molecule has 115 heavy (non-hydrogen) atoms. The first-order chi connectivity index (χ1) is 68.5. The maximum Gasteiger partial charge on any atom is 0.355 e. The number of aryl methyl sites for hydroxylation is 2. The van der Waals surface area contributed by atoms with Crippen LogP contribution < -0.4 is 36.2 Å². The number of hydrogen-bond acceptors (Lipinski definition) is 8. The Hall–Kier alpha value is -8.12. The summed E-state index contributed by atoms with van der Waals surface area (Å²) in [4.78, 5) is 6.73. The molecule has 6 heterocycles. The molecule has 0 saturated heterocycles. The second-order valence-electron chi connectivity index (χ2n) is 34.4. The predicted octanol–water partition coefficient (Wildman–Crippen LogP) is 30.7. The van der Waals surface area contributed by atoms with Crippen molar-refractivity contribution < 1.29 is 67.0 Å². The number of halogens is 3. The van der Waals surface area contributed by atoms with Gasteiger partial charge in [0.2, 0.25) is 0 Å². The largest absolute Gasteiger partial charge is 0.473 e. The van der Waals surface area contributed by atoms with Crippen LogP contribution in [-0.4, -0.2) is 6.99 Å². The van der Waals surface area contributed by atoms with Crippen LogP contribution in [0.25, 0.3) is 43.9 Å². The molecule has 0 fully saturated rings. The van der Waals surface area contributed by atoms with Gasteiger partial charge in [-0.15, -0.1) is 67.1 Å². The monoisotopic (exact) mass is 1900 g/mol. The average molecular weight is 1900 g/mol. The maximum absolute atomic E-state index is 8.88. The van der Waals surface area contributed by atoms with Gasteiger partial charge in [0.05, 0.1) is 17.0 Å². The van der Waals surface area contributed by atoms with Gasteiger partial charge in [-0.05, 0) is 235 Å². The minimum atomic E-state index is -3.59. The SMILES string of the molecule is IB(I)I.[2H]C([2H])([2H])c1cc(N(c2ccc(C(C([2H])([2H])[2H])(C([2H])([2H])[2H])C([2H])([2H])[2H])cc2)c2coc(C(C)(C([2H])([2H])[2H])C([2H])([2H])[2H])c2)cc(N(c2ccc(C(C)(C)C)cc2)c2ccc3oc4ccc(C(C)(C)C)cc4c3c2)c1.[2H]C([2H])([2H])c1cc2c3c(c1)N(c1ccc(C(C([2H])([2H])[2H])(C([2H])([2H])[2H])C([2H])([2H])[2H])cc1)c1cc(C(C)(C([2H])([2H])[2H])C([2H])([2H])[2H])oc1B3c1cc3oc4ccc(C(C)(C)C)cc4c3cc1N2c1ccc(C(C)(C)C)cc1. The van der Waals surface area contributed by atoms with Crippen LogP contribution in [0, 0.1) is 13.7 Å². The number of hydrogen-bond donors (Lipinski definition) is 0. The lowest BCUT2D eigenvalue weighted by Gasteiger charge is -2.42. The molecule has 0 atom stereocenters. The van der Waals surface area contributed by atoms with Crippen molar-refractivity contribution in [3.63, 3.8) is 0 Å². The number of rotatable bonds is 8. The van der Waals surface area contributed by atoms with E-state index >= 15 is 0 Å². The highest BCUT2D eigenvalue weighted by Gasteiger charge is 2.48. The molecule has 16 rings (SSSR count). The number of nitrogens with zero attached hydrogens (tertiary/aromatic N) is 4. The molecule has 4 aromatic heterocycles. The Kier molecular flexibility index (Phi) is 13.0. The summed E-state index contributed by atoms with van der Waals surface area (Å²) in [5, 5.41) is 3.21. The lowest BCUT2D eigenvalue weighted by molar-refractivity contribution is 0.409. The number of benzene rings is 10. The molecule has 0 saturated carbocycles. The van der Waals surface area contributed by atoms with Gasteiger partial charge >= 0.3 is 0.282 Å². The van der Waals surface area contributed by atoms with Crippen LogP contribution in [0.4, 0.5) is 68.2 Å². The highest BCUT2D eigenvalue weighted by atomic mass is 127. The van der Waals surface area contributed by atoms with Crippen molar-refractivity contribution in [2.24, 2.45) is 0 Å². The van der Waals surface area contributed by atoms with E-state index in [1.165, 1.54) is 64.4 Å². The van der Waals surface area contributed by atoms with Gasteiger partial charge in [0, 0.05) is 151 Å². The summed E-state index contributed by atoms with van der Waals surface area (Å²) in [5.41, 5.74) is -2.97. The first-order valence-electron chi connectivity index (χ1n) is 55.6. The minimum Gasteiger partial charge on any atom is -0.473 e. The number of furan rings is 4. The predicted molar refractivity (Wildman–Crippen MR) is 522 cm³/mol. The van der Waals surface area contributed by atoms with E-state index in [1.54, 1.807) is 12.1 Å². The molecular weight excluding hydrogens is 1750 g/mol. The molecular formula is C102H113B2I3N4O4. The summed E-state index contributed by atoms with van der Waals surface area (Å²) >= 11 is 6.95. The van der Waals surface area contributed by atoms with Gasteiger partial charge in [-0.3, -0.25) is 0 Å². The van der Waals surface area contributed by atoms with Crippen LogP contribution in [0.15, 0.2) is 230 Å². The Bertz CT molecular complexity index is 7350. The number of anilines is 12. The lowest BCUT2D eigenvalue weighted by atomic mass is 9.35. The zero-order valence-corrected chi connectivity index (χ0v) is 72.9. The fourth-order valence-corrected chi connectivity index (χ4v) is 15.0.